The Morgan fingerprint density at radius 3 is 1.79 bits per heavy atom. The molecule has 5 heteroatoms. The Balaban J connectivity index is 1.27. The van der Waals surface area contributed by atoms with Crippen LogP contribution in [-0.2, 0) is 6.42 Å². The molecule has 0 saturated carbocycles. The molecule has 1 atom stereocenters. The minimum atomic E-state index is 0.122. The molecule has 0 amide bonds. The molecule has 4 heterocycles. The Kier molecular flexibility index (Phi) is 4.58. The van der Waals surface area contributed by atoms with Crippen LogP contribution in [0.2, 0.25) is 0 Å². The lowest BCUT2D eigenvalue weighted by Gasteiger charge is -2.18. The van der Waals surface area contributed by atoms with E-state index in [1.54, 1.807) is 0 Å². The number of aliphatic imine (C=N–C) groups is 1. The van der Waals surface area contributed by atoms with Crippen LogP contribution in [0.4, 0.5) is 0 Å². The lowest BCUT2D eigenvalue weighted by Crippen LogP contribution is -2.11. The largest absolute Gasteiger partial charge is 0.305 e. The van der Waals surface area contributed by atoms with E-state index in [2.05, 4.69) is 112 Å². The van der Waals surface area contributed by atoms with Crippen LogP contribution in [0.5, 0.6) is 0 Å². The fraction of sp³-hybridized carbons (Fsp3) is 0.0606. The average Bonchev–Trinajstić information content (AvgIpc) is 3.50. The van der Waals surface area contributed by atoms with Crippen LogP contribution in [0.15, 0.2) is 121 Å². The Hall–Kier alpha value is -5.03. The van der Waals surface area contributed by atoms with Gasteiger partial charge >= 0.3 is 0 Å². The number of fused-ring (bicyclic) bond motifs is 6. The van der Waals surface area contributed by atoms with Gasteiger partial charge in [0.15, 0.2) is 0 Å². The zero-order valence-corrected chi connectivity index (χ0v) is 20.6. The SMILES string of the molecule is C1=NC(c2ccccc2)Cc2c1n(-c1cnc(-n3c4ccccc4c4ccccc43)nc1)c1ccccc21. The van der Waals surface area contributed by atoms with Crippen LogP contribution in [0.1, 0.15) is 22.9 Å². The van der Waals surface area contributed by atoms with Crippen molar-refractivity contribution in [2.45, 2.75) is 12.5 Å². The van der Waals surface area contributed by atoms with Crippen molar-refractivity contribution < 1.29 is 0 Å². The number of hydrogen-bond donors (Lipinski definition) is 0. The van der Waals surface area contributed by atoms with Gasteiger partial charge < -0.3 is 4.57 Å². The molecule has 0 fully saturated rings. The molecular formula is C33H23N5. The van der Waals surface area contributed by atoms with E-state index in [1.165, 1.54) is 27.3 Å². The fourth-order valence-corrected chi connectivity index (χ4v) is 5.92. The van der Waals surface area contributed by atoms with Crippen LogP contribution >= 0.6 is 0 Å². The predicted molar refractivity (Wildman–Crippen MR) is 154 cm³/mol. The molecule has 1 aliphatic heterocycles. The first-order valence-electron chi connectivity index (χ1n) is 12.9. The van der Waals surface area contributed by atoms with E-state index in [0.29, 0.717) is 5.95 Å². The van der Waals surface area contributed by atoms with Crippen LogP contribution in [-0.4, -0.2) is 25.3 Å². The zero-order valence-electron chi connectivity index (χ0n) is 20.6. The topological polar surface area (TPSA) is 48.0 Å². The van der Waals surface area contributed by atoms with Crippen molar-refractivity contribution in [1.29, 1.82) is 0 Å². The minimum absolute atomic E-state index is 0.122. The molecule has 0 bridgehead atoms. The summed E-state index contributed by atoms with van der Waals surface area (Å²) in [5, 5.41) is 3.65. The third-order valence-electron chi connectivity index (χ3n) is 7.64. The van der Waals surface area contributed by atoms with E-state index in [9.17, 15) is 0 Å². The summed E-state index contributed by atoms with van der Waals surface area (Å²) < 4.78 is 4.38. The van der Waals surface area contributed by atoms with Gasteiger partial charge in [0.05, 0.1) is 46.4 Å². The molecule has 3 aromatic heterocycles. The molecule has 0 aliphatic carbocycles. The molecule has 4 aromatic carbocycles. The Morgan fingerprint density at radius 2 is 1.13 bits per heavy atom. The highest BCUT2D eigenvalue weighted by Crippen LogP contribution is 2.36. The van der Waals surface area contributed by atoms with Gasteiger partial charge in [0.25, 0.3) is 0 Å². The average molecular weight is 490 g/mol. The van der Waals surface area contributed by atoms with E-state index >= 15 is 0 Å². The van der Waals surface area contributed by atoms with Gasteiger partial charge in [-0.05, 0) is 29.3 Å². The Bertz CT molecular complexity index is 1940. The molecule has 1 aliphatic rings. The molecule has 7 aromatic rings. The number of hydrogen-bond acceptors (Lipinski definition) is 3. The van der Waals surface area contributed by atoms with Gasteiger partial charge in [0, 0.05) is 28.8 Å². The fourth-order valence-electron chi connectivity index (χ4n) is 5.92. The van der Waals surface area contributed by atoms with Gasteiger partial charge in [-0.1, -0.05) is 84.9 Å². The first kappa shape index (κ1) is 21.1. The first-order chi connectivity index (χ1) is 18.9. The predicted octanol–water partition coefficient (Wildman–Crippen LogP) is 7.23. The summed E-state index contributed by atoms with van der Waals surface area (Å²) in [5.74, 6) is 0.661. The van der Waals surface area contributed by atoms with E-state index in [4.69, 9.17) is 15.0 Å². The highest BCUT2D eigenvalue weighted by Gasteiger charge is 2.24. The highest BCUT2D eigenvalue weighted by atomic mass is 15.2. The Morgan fingerprint density at radius 1 is 0.579 bits per heavy atom. The van der Waals surface area contributed by atoms with Crippen LogP contribution in [0.3, 0.4) is 0 Å². The van der Waals surface area contributed by atoms with E-state index in [-0.39, 0.29) is 6.04 Å². The molecule has 0 radical (unpaired) electrons. The molecule has 0 saturated heterocycles. The van der Waals surface area contributed by atoms with Crippen molar-refractivity contribution in [2.75, 3.05) is 0 Å². The number of nitrogens with zero attached hydrogens (tertiary/aromatic N) is 5. The lowest BCUT2D eigenvalue weighted by molar-refractivity contribution is 0.716. The third kappa shape index (κ3) is 3.08. The third-order valence-corrected chi connectivity index (χ3v) is 7.64. The van der Waals surface area contributed by atoms with Gasteiger partial charge in [-0.2, -0.15) is 0 Å². The quantitative estimate of drug-likeness (QED) is 0.263. The van der Waals surface area contributed by atoms with Gasteiger partial charge in [-0.25, -0.2) is 9.97 Å². The smallest absolute Gasteiger partial charge is 0.234 e. The standard InChI is InChI=1S/C33H23N5/c1-2-10-22(11-3-1)28-18-27-26-14-6-7-15-29(26)37(32(27)21-34-28)23-19-35-33(36-20-23)38-30-16-8-4-12-24(30)25-13-5-9-17-31(25)38/h1-17,19-21,28H,18H2. The second kappa shape index (κ2) is 8.25. The van der Waals surface area contributed by atoms with Gasteiger partial charge in [-0.3, -0.25) is 9.56 Å². The van der Waals surface area contributed by atoms with Crippen LogP contribution < -0.4 is 0 Å². The molecule has 0 spiro atoms. The van der Waals surface area contributed by atoms with Crippen LogP contribution in [0.25, 0.3) is 44.3 Å². The van der Waals surface area contributed by atoms with Gasteiger partial charge in [0.2, 0.25) is 5.95 Å². The van der Waals surface area contributed by atoms with E-state index in [0.717, 1.165) is 34.4 Å². The minimum Gasteiger partial charge on any atom is -0.305 e. The molecule has 180 valence electrons. The maximum atomic E-state index is 4.96. The van der Waals surface area contributed by atoms with Gasteiger partial charge in [0.1, 0.15) is 0 Å². The van der Waals surface area contributed by atoms with Crippen molar-refractivity contribution in [1.82, 2.24) is 19.1 Å². The van der Waals surface area contributed by atoms with Gasteiger partial charge in [-0.15, -0.1) is 0 Å². The normalized spacial score (nSPS) is 14.9. The monoisotopic (exact) mass is 489 g/mol. The summed E-state index contributed by atoms with van der Waals surface area (Å²) in [6.45, 7) is 0. The zero-order chi connectivity index (χ0) is 25.1. The van der Waals surface area contributed by atoms with Crippen molar-refractivity contribution in [2.24, 2.45) is 4.99 Å². The molecule has 1 unspecified atom stereocenters. The van der Waals surface area contributed by atoms with Crippen molar-refractivity contribution in [3.63, 3.8) is 0 Å². The summed E-state index contributed by atoms with van der Waals surface area (Å²) in [6.07, 6.45) is 6.74. The summed E-state index contributed by atoms with van der Waals surface area (Å²) in [4.78, 5) is 14.7. The molecule has 8 rings (SSSR count). The highest BCUT2D eigenvalue weighted by molar-refractivity contribution is 6.09. The summed E-state index contributed by atoms with van der Waals surface area (Å²) in [6, 6.07) is 36.1. The Labute approximate surface area is 219 Å². The van der Waals surface area contributed by atoms with Crippen LogP contribution in [0, 0.1) is 0 Å². The number of benzene rings is 4. The number of rotatable bonds is 3. The maximum Gasteiger partial charge on any atom is 0.234 e. The second-order valence-electron chi connectivity index (χ2n) is 9.74. The summed E-state index contributed by atoms with van der Waals surface area (Å²) in [5.41, 5.74) is 7.93. The van der Waals surface area contributed by atoms with E-state index in [1.807, 2.05) is 18.6 Å². The number of para-hydroxylation sites is 3. The summed E-state index contributed by atoms with van der Waals surface area (Å²) >= 11 is 0. The lowest BCUT2D eigenvalue weighted by atomic mass is 9.95. The molecule has 5 nitrogen and oxygen atoms in total. The summed E-state index contributed by atoms with van der Waals surface area (Å²) in [7, 11) is 0. The maximum absolute atomic E-state index is 4.96. The van der Waals surface area contributed by atoms with Crippen molar-refractivity contribution >= 4 is 38.9 Å². The van der Waals surface area contributed by atoms with E-state index < -0.39 is 0 Å². The molecule has 38 heavy (non-hydrogen) atoms. The van der Waals surface area contributed by atoms with Crippen molar-refractivity contribution in [3.05, 3.63) is 132 Å². The molecule has 0 N–H and O–H groups in total. The van der Waals surface area contributed by atoms with Crippen molar-refractivity contribution in [3.8, 4) is 11.6 Å². The molecular weight excluding hydrogens is 466 g/mol. The number of aromatic nitrogens is 4. The second-order valence-corrected chi connectivity index (χ2v) is 9.74. The first-order valence-corrected chi connectivity index (χ1v) is 12.9.